The molecular formula is C31H35NO6Si. The summed E-state index contributed by atoms with van der Waals surface area (Å²) in [7, 11) is -0.542. The Morgan fingerprint density at radius 3 is 1.79 bits per heavy atom. The van der Waals surface area contributed by atoms with Gasteiger partial charge in [-0.15, -0.1) is 0 Å². The number of benzene rings is 3. The van der Waals surface area contributed by atoms with E-state index in [1.165, 1.54) is 14.2 Å². The fraction of sp³-hybridized carbons (Fsp3) is 0.323. The molecule has 0 aromatic heterocycles. The van der Waals surface area contributed by atoms with Crippen molar-refractivity contribution >= 4 is 42.2 Å². The zero-order chi connectivity index (χ0) is 28.3. The molecule has 1 heterocycles. The number of methoxy groups -OCH3 is 2. The summed E-state index contributed by atoms with van der Waals surface area (Å²) in [4.78, 5) is 39.9. The van der Waals surface area contributed by atoms with E-state index in [1.807, 2.05) is 36.4 Å². The SMILES string of the molecule is COC(=O)C(C(=O)OC)[C@@]1(CCO[Si](c2ccccc2)(c2ccccc2)C(C)(C)C)C(=O)Nc2ccccc21. The second kappa shape index (κ2) is 11.2. The van der Waals surface area contributed by atoms with Crippen LogP contribution in [0.5, 0.6) is 0 Å². The maximum atomic E-state index is 13.8. The summed E-state index contributed by atoms with van der Waals surface area (Å²) in [5, 5.41) is 4.76. The molecule has 0 spiro atoms. The molecule has 1 N–H and O–H groups in total. The number of rotatable bonds is 9. The molecule has 204 valence electrons. The van der Waals surface area contributed by atoms with E-state index in [-0.39, 0.29) is 18.1 Å². The molecule has 0 saturated carbocycles. The zero-order valence-corrected chi connectivity index (χ0v) is 24.0. The first-order valence-corrected chi connectivity index (χ1v) is 14.9. The highest BCUT2D eigenvalue weighted by molar-refractivity contribution is 6.99. The van der Waals surface area contributed by atoms with E-state index < -0.39 is 37.5 Å². The normalized spacial score (nSPS) is 16.9. The summed E-state index contributed by atoms with van der Waals surface area (Å²) < 4.78 is 17.1. The Morgan fingerprint density at radius 2 is 1.31 bits per heavy atom. The number of ether oxygens (including phenoxy) is 2. The van der Waals surface area contributed by atoms with E-state index in [0.717, 1.165) is 10.4 Å². The van der Waals surface area contributed by atoms with Crippen molar-refractivity contribution in [2.45, 2.75) is 37.6 Å². The molecule has 0 unspecified atom stereocenters. The first kappa shape index (κ1) is 28.3. The predicted octanol–water partition coefficient (Wildman–Crippen LogP) is 3.81. The molecule has 3 aromatic carbocycles. The van der Waals surface area contributed by atoms with Crippen LogP contribution in [0, 0.1) is 5.92 Å². The largest absolute Gasteiger partial charge is 0.468 e. The Morgan fingerprint density at radius 1 is 0.821 bits per heavy atom. The van der Waals surface area contributed by atoms with Crippen LogP contribution in [0.1, 0.15) is 32.8 Å². The van der Waals surface area contributed by atoms with Crippen molar-refractivity contribution in [3.63, 3.8) is 0 Å². The highest BCUT2D eigenvalue weighted by Gasteiger charge is 2.59. The van der Waals surface area contributed by atoms with Crippen molar-refractivity contribution in [2.24, 2.45) is 5.92 Å². The minimum absolute atomic E-state index is 0.0647. The van der Waals surface area contributed by atoms with Crippen molar-refractivity contribution in [3.8, 4) is 0 Å². The Kier molecular flexibility index (Phi) is 8.09. The van der Waals surface area contributed by atoms with Crippen molar-refractivity contribution in [1.29, 1.82) is 0 Å². The lowest BCUT2D eigenvalue weighted by molar-refractivity contribution is -0.165. The van der Waals surface area contributed by atoms with Gasteiger partial charge in [0.1, 0.15) is 5.41 Å². The van der Waals surface area contributed by atoms with Crippen molar-refractivity contribution in [2.75, 3.05) is 26.1 Å². The van der Waals surface area contributed by atoms with Crippen LogP contribution in [0.25, 0.3) is 0 Å². The van der Waals surface area contributed by atoms with Crippen LogP contribution in [0.4, 0.5) is 5.69 Å². The fourth-order valence-corrected chi connectivity index (χ4v) is 10.4. The molecule has 0 bridgehead atoms. The fourth-order valence-electron chi connectivity index (χ4n) is 5.88. The maximum absolute atomic E-state index is 13.8. The molecule has 0 radical (unpaired) electrons. The number of hydrogen-bond acceptors (Lipinski definition) is 6. The smallest absolute Gasteiger partial charge is 0.321 e. The summed E-state index contributed by atoms with van der Waals surface area (Å²) in [6, 6.07) is 27.4. The number of amides is 1. The monoisotopic (exact) mass is 545 g/mol. The van der Waals surface area contributed by atoms with Crippen molar-refractivity contribution < 1.29 is 28.3 Å². The Bertz CT molecular complexity index is 1280. The van der Waals surface area contributed by atoms with Crippen LogP contribution in [0.2, 0.25) is 5.04 Å². The van der Waals surface area contributed by atoms with Gasteiger partial charge in [0.25, 0.3) is 8.32 Å². The van der Waals surface area contributed by atoms with E-state index in [1.54, 1.807) is 24.3 Å². The summed E-state index contributed by atoms with van der Waals surface area (Å²) in [5.41, 5.74) is -0.477. The highest BCUT2D eigenvalue weighted by Crippen LogP contribution is 2.47. The van der Waals surface area contributed by atoms with Gasteiger partial charge in [0.05, 0.1) is 14.2 Å². The van der Waals surface area contributed by atoms with Crippen LogP contribution >= 0.6 is 0 Å². The van der Waals surface area contributed by atoms with Gasteiger partial charge in [0.15, 0.2) is 5.92 Å². The molecule has 4 rings (SSSR count). The Hall–Kier alpha value is -3.75. The third-order valence-electron chi connectivity index (χ3n) is 7.66. The lowest BCUT2D eigenvalue weighted by atomic mass is 9.68. The number of para-hydroxylation sites is 1. The number of carbonyl (C=O) groups excluding carboxylic acids is 3. The molecule has 1 amide bonds. The van der Waals surface area contributed by atoms with Gasteiger partial charge in [-0.25, -0.2) is 0 Å². The van der Waals surface area contributed by atoms with Gasteiger partial charge in [-0.1, -0.05) is 99.6 Å². The number of fused-ring (bicyclic) bond motifs is 1. The molecule has 0 fully saturated rings. The molecule has 0 aliphatic carbocycles. The van der Waals surface area contributed by atoms with Gasteiger partial charge in [-0.3, -0.25) is 14.4 Å². The average Bonchev–Trinajstić information content (AvgIpc) is 3.22. The molecule has 8 heteroatoms. The van der Waals surface area contributed by atoms with Crippen molar-refractivity contribution in [1.82, 2.24) is 0 Å². The number of nitrogens with one attached hydrogen (secondary N) is 1. The van der Waals surface area contributed by atoms with E-state index in [9.17, 15) is 14.4 Å². The summed E-state index contributed by atoms with van der Waals surface area (Å²) in [6.45, 7) is 6.61. The van der Waals surface area contributed by atoms with Crippen molar-refractivity contribution in [3.05, 3.63) is 90.5 Å². The van der Waals surface area contributed by atoms with Gasteiger partial charge in [-0.2, -0.15) is 0 Å². The Labute approximate surface area is 230 Å². The third-order valence-corrected chi connectivity index (χ3v) is 12.7. The predicted molar refractivity (Wildman–Crippen MR) is 152 cm³/mol. The maximum Gasteiger partial charge on any atom is 0.321 e. The van der Waals surface area contributed by atoms with Gasteiger partial charge >= 0.3 is 11.9 Å². The number of esters is 2. The molecule has 1 atom stereocenters. The molecule has 1 aliphatic rings. The topological polar surface area (TPSA) is 90.9 Å². The van der Waals surface area contributed by atoms with E-state index in [4.69, 9.17) is 13.9 Å². The highest BCUT2D eigenvalue weighted by atomic mass is 28.4. The number of hydrogen-bond donors (Lipinski definition) is 1. The molecule has 7 nitrogen and oxygen atoms in total. The molecule has 39 heavy (non-hydrogen) atoms. The minimum atomic E-state index is -2.94. The zero-order valence-electron chi connectivity index (χ0n) is 23.0. The quantitative estimate of drug-likeness (QED) is 0.250. The lowest BCUT2D eigenvalue weighted by Gasteiger charge is -2.44. The number of anilines is 1. The van der Waals surface area contributed by atoms with Gasteiger partial charge in [0.2, 0.25) is 5.91 Å². The van der Waals surface area contributed by atoms with Crippen LogP contribution in [-0.4, -0.2) is 47.0 Å². The average molecular weight is 546 g/mol. The number of carbonyl (C=O) groups is 3. The van der Waals surface area contributed by atoms with E-state index >= 15 is 0 Å². The van der Waals surface area contributed by atoms with Crippen LogP contribution in [-0.2, 0) is 33.7 Å². The summed E-state index contributed by atoms with van der Waals surface area (Å²) in [5.74, 6) is -3.63. The third kappa shape index (κ3) is 4.79. The van der Waals surface area contributed by atoms with Crippen LogP contribution in [0.15, 0.2) is 84.9 Å². The second-order valence-electron chi connectivity index (χ2n) is 10.7. The van der Waals surface area contributed by atoms with Gasteiger partial charge in [-0.05, 0) is 33.5 Å². The van der Waals surface area contributed by atoms with E-state index in [2.05, 4.69) is 50.4 Å². The van der Waals surface area contributed by atoms with E-state index in [0.29, 0.717) is 11.3 Å². The molecule has 1 aliphatic heterocycles. The lowest BCUT2D eigenvalue weighted by Crippen LogP contribution is -2.67. The Balaban J connectivity index is 1.84. The first-order valence-electron chi connectivity index (χ1n) is 12.9. The summed E-state index contributed by atoms with van der Waals surface area (Å²) in [6.07, 6.45) is 0.0647. The second-order valence-corrected chi connectivity index (χ2v) is 15.0. The van der Waals surface area contributed by atoms with Gasteiger partial charge < -0.3 is 19.2 Å². The summed E-state index contributed by atoms with van der Waals surface area (Å²) >= 11 is 0. The molecule has 3 aromatic rings. The minimum Gasteiger partial charge on any atom is -0.468 e. The van der Waals surface area contributed by atoms with Crippen LogP contribution < -0.4 is 15.7 Å². The van der Waals surface area contributed by atoms with Gasteiger partial charge in [0, 0.05) is 12.3 Å². The molecular weight excluding hydrogens is 510 g/mol. The standard InChI is InChI=1S/C31H35NO6Si/c1-30(2,3)39(22-14-8-6-9-15-22,23-16-10-7-11-17-23)38-21-20-31(26(27(33)36-4)28(34)37-5)24-18-12-13-19-25(24)32-29(31)35/h6-19,26H,20-21H2,1-5H3,(H,32,35)/t31-/m0/s1. The molecule has 0 saturated heterocycles. The first-order chi connectivity index (χ1) is 18.6. The van der Waals surface area contributed by atoms with Crippen LogP contribution in [0.3, 0.4) is 0 Å².